The zero-order chi connectivity index (χ0) is 18.6. The van der Waals surface area contributed by atoms with Gasteiger partial charge in [-0.15, -0.1) is 0 Å². The van der Waals surface area contributed by atoms with Crippen molar-refractivity contribution in [2.75, 3.05) is 7.11 Å². The molecular weight excluding hydrogens is 346 g/mol. The third-order valence-corrected chi connectivity index (χ3v) is 3.75. The molecular formula is C20H15N3O4. The number of aromatic hydroxyl groups is 1. The molecule has 0 unspecified atom stereocenters. The SMILES string of the molecule is COc1cccc(Oc2cccc(Oc3nc(O)c4ccncc4n3)c2)c1. The van der Waals surface area contributed by atoms with Gasteiger partial charge in [0.25, 0.3) is 0 Å². The molecule has 1 N–H and O–H groups in total. The quantitative estimate of drug-likeness (QED) is 0.566. The van der Waals surface area contributed by atoms with Crippen LogP contribution in [0.1, 0.15) is 0 Å². The van der Waals surface area contributed by atoms with Crippen LogP contribution in [0.4, 0.5) is 0 Å². The Hall–Kier alpha value is -3.87. The maximum absolute atomic E-state index is 10.0. The van der Waals surface area contributed by atoms with Crippen LogP contribution < -0.4 is 14.2 Å². The Balaban J connectivity index is 1.57. The lowest BCUT2D eigenvalue weighted by Crippen LogP contribution is -1.94. The smallest absolute Gasteiger partial charge is 0.325 e. The Labute approximate surface area is 154 Å². The molecule has 0 atom stereocenters. The molecule has 0 aliphatic carbocycles. The number of methoxy groups -OCH3 is 1. The monoisotopic (exact) mass is 361 g/mol. The van der Waals surface area contributed by atoms with E-state index in [2.05, 4.69) is 15.0 Å². The zero-order valence-electron chi connectivity index (χ0n) is 14.4. The molecule has 0 saturated heterocycles. The van der Waals surface area contributed by atoms with Gasteiger partial charge in [-0.2, -0.15) is 9.97 Å². The van der Waals surface area contributed by atoms with Gasteiger partial charge in [0.1, 0.15) is 23.0 Å². The van der Waals surface area contributed by atoms with E-state index in [4.69, 9.17) is 14.2 Å². The molecule has 0 spiro atoms. The van der Waals surface area contributed by atoms with Crippen molar-refractivity contribution in [1.82, 2.24) is 15.0 Å². The van der Waals surface area contributed by atoms with Crippen molar-refractivity contribution in [3.05, 3.63) is 67.0 Å². The van der Waals surface area contributed by atoms with Gasteiger partial charge < -0.3 is 19.3 Å². The van der Waals surface area contributed by atoms with Crippen LogP contribution in [0, 0.1) is 0 Å². The van der Waals surface area contributed by atoms with Crippen LogP contribution in [0.15, 0.2) is 67.0 Å². The van der Waals surface area contributed by atoms with E-state index in [0.717, 1.165) is 0 Å². The van der Waals surface area contributed by atoms with Gasteiger partial charge >= 0.3 is 6.01 Å². The summed E-state index contributed by atoms with van der Waals surface area (Å²) < 4.78 is 16.7. The highest BCUT2D eigenvalue weighted by Gasteiger charge is 2.09. The Kier molecular flexibility index (Phi) is 4.40. The highest BCUT2D eigenvalue weighted by Crippen LogP contribution is 2.30. The van der Waals surface area contributed by atoms with Crippen LogP contribution in [0.25, 0.3) is 10.9 Å². The summed E-state index contributed by atoms with van der Waals surface area (Å²) in [5.74, 6) is 2.22. The molecule has 2 aromatic heterocycles. The average molecular weight is 361 g/mol. The minimum absolute atomic E-state index is 0.0199. The standard InChI is InChI=1S/C20H15N3O4/c1-25-13-4-2-5-14(10-13)26-15-6-3-7-16(11-15)27-20-22-18-12-21-9-8-17(18)19(24)23-20/h2-12H,1H3,(H,22,23,24). The number of benzene rings is 2. The summed E-state index contributed by atoms with van der Waals surface area (Å²) in [6.45, 7) is 0. The van der Waals surface area contributed by atoms with E-state index in [1.54, 1.807) is 49.7 Å². The van der Waals surface area contributed by atoms with E-state index in [-0.39, 0.29) is 11.9 Å². The first-order valence-corrected chi connectivity index (χ1v) is 8.12. The molecule has 0 radical (unpaired) electrons. The van der Waals surface area contributed by atoms with Gasteiger partial charge in [0.05, 0.1) is 24.2 Å². The maximum atomic E-state index is 10.0. The van der Waals surface area contributed by atoms with Gasteiger partial charge in [0, 0.05) is 18.3 Å². The predicted octanol–water partition coefficient (Wildman–Crippen LogP) is 4.32. The normalized spacial score (nSPS) is 10.6. The molecule has 0 aliphatic heterocycles. The average Bonchev–Trinajstić information content (AvgIpc) is 2.68. The Morgan fingerprint density at radius 2 is 1.48 bits per heavy atom. The van der Waals surface area contributed by atoms with E-state index in [0.29, 0.717) is 33.9 Å². The van der Waals surface area contributed by atoms with Crippen LogP contribution >= 0.6 is 0 Å². The van der Waals surface area contributed by atoms with Crippen molar-refractivity contribution in [3.63, 3.8) is 0 Å². The molecule has 0 bridgehead atoms. The molecule has 0 aliphatic rings. The molecule has 4 rings (SSSR count). The second-order valence-electron chi connectivity index (χ2n) is 5.58. The molecule has 27 heavy (non-hydrogen) atoms. The lowest BCUT2D eigenvalue weighted by molar-refractivity contribution is 0.405. The largest absolute Gasteiger partial charge is 0.497 e. The fourth-order valence-corrected chi connectivity index (χ4v) is 2.50. The number of nitrogens with zero attached hydrogens (tertiary/aromatic N) is 3. The number of ether oxygens (including phenoxy) is 3. The summed E-state index contributed by atoms with van der Waals surface area (Å²) in [5.41, 5.74) is 0.490. The van der Waals surface area contributed by atoms with Crippen molar-refractivity contribution in [2.45, 2.75) is 0 Å². The molecule has 7 heteroatoms. The van der Waals surface area contributed by atoms with Crippen molar-refractivity contribution < 1.29 is 19.3 Å². The first-order chi connectivity index (χ1) is 13.2. The number of hydrogen-bond acceptors (Lipinski definition) is 7. The van der Waals surface area contributed by atoms with Gasteiger partial charge in [-0.3, -0.25) is 4.98 Å². The Morgan fingerprint density at radius 3 is 2.22 bits per heavy atom. The van der Waals surface area contributed by atoms with Crippen LogP contribution in [-0.2, 0) is 0 Å². The highest BCUT2D eigenvalue weighted by molar-refractivity contribution is 5.82. The fourth-order valence-electron chi connectivity index (χ4n) is 2.50. The molecule has 4 aromatic rings. The first-order valence-electron chi connectivity index (χ1n) is 8.12. The second kappa shape index (κ2) is 7.17. The fraction of sp³-hybridized carbons (Fsp3) is 0.0500. The van der Waals surface area contributed by atoms with Crippen molar-refractivity contribution in [3.8, 4) is 34.9 Å². The van der Waals surface area contributed by atoms with Crippen LogP contribution in [0.3, 0.4) is 0 Å². The minimum atomic E-state index is -0.166. The summed E-state index contributed by atoms with van der Waals surface area (Å²) in [7, 11) is 1.60. The van der Waals surface area contributed by atoms with E-state index < -0.39 is 0 Å². The second-order valence-corrected chi connectivity index (χ2v) is 5.58. The van der Waals surface area contributed by atoms with Crippen molar-refractivity contribution >= 4 is 10.9 Å². The molecule has 134 valence electrons. The third-order valence-electron chi connectivity index (χ3n) is 3.75. The van der Waals surface area contributed by atoms with Crippen LogP contribution in [-0.4, -0.2) is 27.2 Å². The van der Waals surface area contributed by atoms with Gasteiger partial charge in [-0.25, -0.2) is 0 Å². The number of pyridine rings is 1. The molecule has 7 nitrogen and oxygen atoms in total. The Bertz CT molecular complexity index is 1100. The molecule has 0 amide bonds. The van der Waals surface area contributed by atoms with Gasteiger partial charge in [0.15, 0.2) is 0 Å². The number of aromatic nitrogens is 3. The summed E-state index contributed by atoms with van der Waals surface area (Å²) in [4.78, 5) is 12.2. The van der Waals surface area contributed by atoms with Gasteiger partial charge in [-0.1, -0.05) is 12.1 Å². The van der Waals surface area contributed by atoms with Crippen LogP contribution in [0.2, 0.25) is 0 Å². The summed E-state index contributed by atoms with van der Waals surface area (Å²) in [6, 6.07) is 16.0. The first kappa shape index (κ1) is 16.6. The third kappa shape index (κ3) is 3.72. The minimum Gasteiger partial charge on any atom is -0.497 e. The van der Waals surface area contributed by atoms with Gasteiger partial charge in [0.2, 0.25) is 5.88 Å². The maximum Gasteiger partial charge on any atom is 0.325 e. The van der Waals surface area contributed by atoms with E-state index in [1.807, 2.05) is 18.2 Å². The van der Waals surface area contributed by atoms with Gasteiger partial charge in [-0.05, 0) is 30.3 Å². The predicted molar refractivity (Wildman–Crippen MR) is 98.6 cm³/mol. The lowest BCUT2D eigenvalue weighted by Gasteiger charge is -2.09. The molecule has 2 aromatic carbocycles. The summed E-state index contributed by atoms with van der Waals surface area (Å²) in [6.07, 6.45) is 3.09. The van der Waals surface area contributed by atoms with Crippen LogP contribution in [0.5, 0.6) is 34.9 Å². The van der Waals surface area contributed by atoms with E-state index in [9.17, 15) is 5.11 Å². The molecule has 0 fully saturated rings. The summed E-state index contributed by atoms with van der Waals surface area (Å²) in [5, 5.41) is 10.5. The highest BCUT2D eigenvalue weighted by atomic mass is 16.5. The zero-order valence-corrected chi connectivity index (χ0v) is 14.4. The molecule has 2 heterocycles. The van der Waals surface area contributed by atoms with E-state index in [1.165, 1.54) is 6.20 Å². The Morgan fingerprint density at radius 1 is 0.815 bits per heavy atom. The summed E-state index contributed by atoms with van der Waals surface area (Å²) >= 11 is 0. The topological polar surface area (TPSA) is 86.6 Å². The lowest BCUT2D eigenvalue weighted by atomic mass is 10.3. The number of fused-ring (bicyclic) bond motifs is 1. The molecule has 0 saturated carbocycles. The van der Waals surface area contributed by atoms with E-state index >= 15 is 0 Å². The van der Waals surface area contributed by atoms with Crippen molar-refractivity contribution in [2.24, 2.45) is 0 Å². The number of hydrogen-bond donors (Lipinski definition) is 1. The van der Waals surface area contributed by atoms with Crippen molar-refractivity contribution in [1.29, 1.82) is 0 Å². The number of rotatable bonds is 5.